The van der Waals surface area contributed by atoms with Gasteiger partial charge in [-0.15, -0.1) is 0 Å². The molecular formula is C10H15ClFN3. The van der Waals surface area contributed by atoms with E-state index in [1.54, 1.807) is 7.05 Å². The smallest absolute Gasteiger partial charge is 0.158 e. The minimum absolute atomic E-state index is 0.119. The Morgan fingerprint density at radius 2 is 2.47 bits per heavy atom. The molecule has 84 valence electrons. The number of hydrogen-bond acceptors (Lipinski definition) is 2. The SMILES string of the molecule is Cn1ncc(Cl)c1C(F)C1CCCCN1. The topological polar surface area (TPSA) is 29.9 Å². The number of nitrogens with one attached hydrogen (secondary N) is 1. The molecule has 2 heterocycles. The molecule has 2 atom stereocenters. The molecule has 0 aromatic carbocycles. The third kappa shape index (κ3) is 2.16. The van der Waals surface area contributed by atoms with Gasteiger partial charge in [-0.2, -0.15) is 5.10 Å². The second kappa shape index (κ2) is 4.49. The van der Waals surface area contributed by atoms with Crippen LogP contribution in [0.25, 0.3) is 0 Å². The van der Waals surface area contributed by atoms with Crippen molar-refractivity contribution < 1.29 is 4.39 Å². The third-order valence-electron chi connectivity index (χ3n) is 2.90. The minimum atomic E-state index is -1.06. The molecule has 0 saturated carbocycles. The Kier molecular flexibility index (Phi) is 3.26. The average molecular weight is 232 g/mol. The summed E-state index contributed by atoms with van der Waals surface area (Å²) >= 11 is 5.91. The van der Waals surface area contributed by atoms with Gasteiger partial charge in [0.1, 0.15) is 0 Å². The molecule has 0 amide bonds. The van der Waals surface area contributed by atoms with Crippen LogP contribution in [0.5, 0.6) is 0 Å². The lowest BCUT2D eigenvalue weighted by Gasteiger charge is -2.26. The van der Waals surface area contributed by atoms with Gasteiger partial charge in [-0.05, 0) is 19.4 Å². The van der Waals surface area contributed by atoms with Crippen molar-refractivity contribution >= 4 is 11.6 Å². The van der Waals surface area contributed by atoms with Crippen LogP contribution in [0.2, 0.25) is 5.02 Å². The zero-order valence-electron chi connectivity index (χ0n) is 8.71. The molecule has 0 spiro atoms. The maximum atomic E-state index is 14.2. The number of rotatable bonds is 2. The second-order valence-corrected chi connectivity index (χ2v) is 4.37. The molecule has 15 heavy (non-hydrogen) atoms. The molecule has 0 aliphatic carbocycles. The maximum Gasteiger partial charge on any atom is 0.158 e. The van der Waals surface area contributed by atoms with Crippen LogP contribution in [0.1, 0.15) is 31.1 Å². The molecule has 2 unspecified atom stereocenters. The first-order chi connectivity index (χ1) is 7.20. The Hall–Kier alpha value is -0.610. The highest BCUT2D eigenvalue weighted by atomic mass is 35.5. The van der Waals surface area contributed by atoms with E-state index in [-0.39, 0.29) is 6.04 Å². The predicted octanol–water partition coefficient (Wildman–Crippen LogP) is 2.23. The lowest BCUT2D eigenvalue weighted by molar-refractivity contribution is 0.211. The highest BCUT2D eigenvalue weighted by Crippen LogP contribution is 2.30. The quantitative estimate of drug-likeness (QED) is 0.846. The second-order valence-electron chi connectivity index (χ2n) is 3.96. The van der Waals surface area contributed by atoms with Crippen molar-refractivity contribution in [2.24, 2.45) is 7.05 Å². The van der Waals surface area contributed by atoms with E-state index in [2.05, 4.69) is 10.4 Å². The summed E-state index contributed by atoms with van der Waals surface area (Å²) < 4.78 is 15.7. The van der Waals surface area contributed by atoms with Crippen LogP contribution in [-0.4, -0.2) is 22.4 Å². The molecule has 0 radical (unpaired) electrons. The van der Waals surface area contributed by atoms with Crippen LogP contribution in [0.4, 0.5) is 4.39 Å². The number of halogens is 2. The first kappa shape index (κ1) is 10.9. The summed E-state index contributed by atoms with van der Waals surface area (Å²) in [5, 5.41) is 7.55. The minimum Gasteiger partial charge on any atom is -0.311 e. The largest absolute Gasteiger partial charge is 0.311 e. The molecule has 5 heteroatoms. The Morgan fingerprint density at radius 1 is 1.67 bits per heavy atom. The van der Waals surface area contributed by atoms with Crippen LogP contribution >= 0.6 is 11.6 Å². The number of aryl methyl sites for hydroxylation is 1. The van der Waals surface area contributed by atoms with Gasteiger partial charge in [0, 0.05) is 13.1 Å². The molecule has 1 aromatic rings. The lowest BCUT2D eigenvalue weighted by Crippen LogP contribution is -2.38. The summed E-state index contributed by atoms with van der Waals surface area (Å²) in [4.78, 5) is 0. The summed E-state index contributed by atoms with van der Waals surface area (Å²) in [6.07, 6.45) is 3.50. The van der Waals surface area contributed by atoms with E-state index in [1.165, 1.54) is 10.9 Å². The van der Waals surface area contributed by atoms with Crippen molar-refractivity contribution in [3.63, 3.8) is 0 Å². The van der Waals surface area contributed by atoms with Crippen LogP contribution in [0.3, 0.4) is 0 Å². The number of aromatic nitrogens is 2. The van der Waals surface area contributed by atoms with Crippen LogP contribution in [-0.2, 0) is 7.05 Å². The molecule has 1 N–H and O–H groups in total. The predicted molar refractivity (Wildman–Crippen MR) is 57.7 cm³/mol. The van der Waals surface area contributed by atoms with Crippen molar-refractivity contribution in [3.05, 3.63) is 16.9 Å². The zero-order chi connectivity index (χ0) is 10.8. The van der Waals surface area contributed by atoms with Crippen LogP contribution in [0, 0.1) is 0 Å². The monoisotopic (exact) mass is 231 g/mol. The first-order valence-corrected chi connectivity index (χ1v) is 5.63. The molecule has 2 rings (SSSR count). The van der Waals surface area contributed by atoms with Crippen LogP contribution in [0.15, 0.2) is 6.20 Å². The summed E-state index contributed by atoms with van der Waals surface area (Å²) in [5.74, 6) is 0. The summed E-state index contributed by atoms with van der Waals surface area (Å²) in [5.41, 5.74) is 0.482. The Balaban J connectivity index is 2.15. The fourth-order valence-corrected chi connectivity index (χ4v) is 2.32. The maximum absolute atomic E-state index is 14.2. The Labute approximate surface area is 93.6 Å². The van der Waals surface area contributed by atoms with E-state index < -0.39 is 6.17 Å². The normalized spacial score (nSPS) is 24.1. The Bertz CT molecular complexity index is 314. The van der Waals surface area contributed by atoms with E-state index in [0.717, 1.165) is 25.8 Å². The summed E-state index contributed by atoms with van der Waals surface area (Å²) in [6, 6.07) is -0.119. The number of nitrogens with zero attached hydrogens (tertiary/aromatic N) is 2. The van der Waals surface area contributed by atoms with Gasteiger partial charge in [0.25, 0.3) is 0 Å². The van der Waals surface area contributed by atoms with Crippen molar-refractivity contribution in [3.8, 4) is 0 Å². The van der Waals surface area contributed by atoms with Gasteiger partial charge in [0.15, 0.2) is 6.17 Å². The fraction of sp³-hybridized carbons (Fsp3) is 0.700. The highest BCUT2D eigenvalue weighted by Gasteiger charge is 2.28. The lowest BCUT2D eigenvalue weighted by atomic mass is 9.99. The number of hydrogen-bond donors (Lipinski definition) is 1. The van der Waals surface area contributed by atoms with E-state index in [4.69, 9.17) is 11.6 Å². The van der Waals surface area contributed by atoms with Gasteiger partial charge in [-0.1, -0.05) is 18.0 Å². The van der Waals surface area contributed by atoms with Crippen LogP contribution < -0.4 is 5.32 Å². The summed E-state index contributed by atoms with van der Waals surface area (Å²) in [6.45, 7) is 0.889. The van der Waals surface area contributed by atoms with Gasteiger partial charge in [-0.3, -0.25) is 4.68 Å². The van der Waals surface area contributed by atoms with Gasteiger partial charge >= 0.3 is 0 Å². The fourth-order valence-electron chi connectivity index (χ4n) is 2.05. The molecule has 1 aromatic heterocycles. The van der Waals surface area contributed by atoms with E-state index >= 15 is 0 Å². The van der Waals surface area contributed by atoms with Crippen molar-refractivity contribution in [2.75, 3.05) is 6.54 Å². The van der Waals surface area contributed by atoms with E-state index in [9.17, 15) is 4.39 Å². The molecule has 3 nitrogen and oxygen atoms in total. The van der Waals surface area contributed by atoms with E-state index in [1.807, 2.05) is 0 Å². The van der Waals surface area contributed by atoms with Gasteiger partial charge in [0.05, 0.1) is 16.9 Å². The van der Waals surface area contributed by atoms with Gasteiger partial charge < -0.3 is 5.32 Å². The third-order valence-corrected chi connectivity index (χ3v) is 3.19. The first-order valence-electron chi connectivity index (χ1n) is 5.25. The molecular weight excluding hydrogens is 217 g/mol. The van der Waals surface area contributed by atoms with Gasteiger partial charge in [-0.25, -0.2) is 4.39 Å². The zero-order valence-corrected chi connectivity index (χ0v) is 9.47. The average Bonchev–Trinajstić information content (AvgIpc) is 2.59. The molecule has 1 saturated heterocycles. The van der Waals surface area contributed by atoms with Crippen molar-refractivity contribution in [1.29, 1.82) is 0 Å². The Morgan fingerprint density at radius 3 is 3.00 bits per heavy atom. The summed E-state index contributed by atoms with van der Waals surface area (Å²) in [7, 11) is 1.72. The molecule has 1 aliphatic heterocycles. The van der Waals surface area contributed by atoms with Crippen molar-refractivity contribution in [1.82, 2.24) is 15.1 Å². The molecule has 1 aliphatic rings. The molecule has 0 bridgehead atoms. The molecule has 1 fully saturated rings. The standard InChI is InChI=1S/C10H15ClFN3/c1-15-10(7(11)6-14-15)9(12)8-4-2-3-5-13-8/h6,8-9,13H,2-5H2,1H3. The highest BCUT2D eigenvalue weighted by molar-refractivity contribution is 6.31. The van der Waals surface area contributed by atoms with E-state index in [0.29, 0.717) is 10.7 Å². The van der Waals surface area contributed by atoms with Gasteiger partial charge in [0.2, 0.25) is 0 Å². The number of piperidine rings is 1. The number of alkyl halides is 1. The van der Waals surface area contributed by atoms with Crippen molar-refractivity contribution in [2.45, 2.75) is 31.5 Å².